The zero-order chi connectivity index (χ0) is 22.5. The van der Waals surface area contributed by atoms with Gasteiger partial charge in [0.05, 0.1) is 5.69 Å². The van der Waals surface area contributed by atoms with Crippen molar-refractivity contribution < 1.29 is 22.7 Å². The Kier molecular flexibility index (Phi) is 5.60. The summed E-state index contributed by atoms with van der Waals surface area (Å²) >= 11 is 0. The summed E-state index contributed by atoms with van der Waals surface area (Å²) in [6.07, 6.45) is 4.22. The van der Waals surface area contributed by atoms with Gasteiger partial charge in [-0.05, 0) is 56.7 Å². The molecule has 4 N–H and O–H groups in total. The Morgan fingerprint density at radius 2 is 1.81 bits per heavy atom. The minimum Gasteiger partial charge on any atom is -0.482 e. The maximum absolute atomic E-state index is 13.3. The first kappa shape index (κ1) is 21.6. The molecular weight excluding hydrogens is 434 g/mol. The third kappa shape index (κ3) is 3.98. The fourth-order valence-corrected chi connectivity index (χ4v) is 7.43. The summed E-state index contributed by atoms with van der Waals surface area (Å²) in [4.78, 5) is 24.3. The summed E-state index contributed by atoms with van der Waals surface area (Å²) in [6.45, 7) is 0.873. The smallest absolute Gasteiger partial charge is 0.282 e. The molecule has 2 amide bonds. The van der Waals surface area contributed by atoms with Crippen molar-refractivity contribution in [3.05, 3.63) is 23.8 Å². The molecule has 0 aliphatic carbocycles. The van der Waals surface area contributed by atoms with E-state index >= 15 is 0 Å². The number of hydrogen-bond donors (Lipinski definition) is 3. The van der Waals surface area contributed by atoms with E-state index in [2.05, 4.69) is 10.6 Å². The molecule has 0 saturated carbocycles. The first-order valence-corrected chi connectivity index (χ1v) is 12.6. The zero-order valence-corrected chi connectivity index (χ0v) is 18.6. The lowest BCUT2D eigenvalue weighted by molar-refractivity contribution is -0.118. The van der Waals surface area contributed by atoms with Crippen LogP contribution in [0.4, 0.5) is 5.69 Å². The van der Waals surface area contributed by atoms with E-state index in [-0.39, 0.29) is 42.6 Å². The van der Waals surface area contributed by atoms with Gasteiger partial charge in [0.2, 0.25) is 0 Å². The molecule has 0 aromatic heterocycles. The molecule has 10 nitrogen and oxygen atoms in total. The molecular formula is C21H29N5O5S. The van der Waals surface area contributed by atoms with Crippen LogP contribution in [-0.2, 0) is 15.0 Å². The molecule has 1 aromatic carbocycles. The van der Waals surface area contributed by atoms with Crippen molar-refractivity contribution in [2.45, 2.75) is 62.7 Å². The van der Waals surface area contributed by atoms with Gasteiger partial charge in [0, 0.05) is 42.8 Å². The second-order valence-corrected chi connectivity index (χ2v) is 11.0. The number of carbonyl (C=O) groups excluding carboxylic acids is 2. The van der Waals surface area contributed by atoms with Crippen LogP contribution in [0, 0.1) is 0 Å². The molecule has 3 saturated heterocycles. The van der Waals surface area contributed by atoms with Crippen LogP contribution >= 0.6 is 0 Å². The lowest BCUT2D eigenvalue weighted by Gasteiger charge is -2.41. The van der Waals surface area contributed by atoms with Gasteiger partial charge in [0.1, 0.15) is 5.75 Å². The van der Waals surface area contributed by atoms with Crippen LogP contribution < -0.4 is 21.1 Å². The third-order valence-corrected chi connectivity index (χ3v) is 9.12. The number of hydrogen-bond acceptors (Lipinski definition) is 6. The Hall–Kier alpha value is -2.21. The number of piperidine rings is 2. The number of nitrogens with zero attached hydrogens (tertiary/aromatic N) is 2. The molecule has 0 spiro atoms. The Bertz CT molecular complexity index is 1010. The number of anilines is 1. The Morgan fingerprint density at radius 1 is 1.12 bits per heavy atom. The van der Waals surface area contributed by atoms with Crippen molar-refractivity contribution in [1.82, 2.24) is 13.9 Å². The number of ether oxygens (including phenoxy) is 1. The maximum Gasteiger partial charge on any atom is 0.282 e. The molecule has 2 bridgehead atoms. The number of carbonyl (C=O) groups is 2. The first-order chi connectivity index (χ1) is 15.3. The predicted octanol–water partition coefficient (Wildman–Crippen LogP) is 0.411. The lowest BCUT2D eigenvalue weighted by atomic mass is 9.99. The highest BCUT2D eigenvalue weighted by atomic mass is 32.2. The second-order valence-electron chi connectivity index (χ2n) is 9.15. The van der Waals surface area contributed by atoms with Crippen LogP contribution in [0.25, 0.3) is 0 Å². The number of nitrogens with one attached hydrogen (secondary N) is 2. The number of nitrogens with two attached hydrogens (primary N) is 1. The molecule has 5 rings (SSSR count). The topological polar surface area (TPSA) is 134 Å². The molecule has 1 unspecified atom stereocenters. The molecule has 3 fully saturated rings. The average Bonchev–Trinajstić information content (AvgIpc) is 3.05. The maximum atomic E-state index is 13.3. The molecule has 3 atom stereocenters. The fraction of sp³-hybridized carbons (Fsp3) is 0.619. The van der Waals surface area contributed by atoms with Gasteiger partial charge in [-0.1, -0.05) is 0 Å². The predicted molar refractivity (Wildman–Crippen MR) is 117 cm³/mol. The lowest BCUT2D eigenvalue weighted by Crippen LogP contribution is -2.57. The van der Waals surface area contributed by atoms with Crippen molar-refractivity contribution in [2.24, 2.45) is 5.73 Å². The van der Waals surface area contributed by atoms with E-state index in [4.69, 9.17) is 10.5 Å². The zero-order valence-electron chi connectivity index (χ0n) is 17.8. The summed E-state index contributed by atoms with van der Waals surface area (Å²) < 4.78 is 35.3. The highest BCUT2D eigenvalue weighted by molar-refractivity contribution is 7.86. The van der Waals surface area contributed by atoms with Gasteiger partial charge in [-0.25, -0.2) is 0 Å². The van der Waals surface area contributed by atoms with E-state index in [9.17, 15) is 18.0 Å². The average molecular weight is 464 g/mol. The van der Waals surface area contributed by atoms with Crippen LogP contribution in [0.15, 0.2) is 18.2 Å². The minimum absolute atomic E-state index is 0.0721. The van der Waals surface area contributed by atoms with Crippen LogP contribution in [0.3, 0.4) is 0 Å². The van der Waals surface area contributed by atoms with Gasteiger partial charge >= 0.3 is 0 Å². The summed E-state index contributed by atoms with van der Waals surface area (Å²) in [7, 11) is -3.52. The quantitative estimate of drug-likeness (QED) is 0.592. The largest absolute Gasteiger partial charge is 0.482 e. The summed E-state index contributed by atoms with van der Waals surface area (Å²) in [5, 5.41) is 5.78. The summed E-state index contributed by atoms with van der Waals surface area (Å²) in [5.41, 5.74) is 6.94. The standard InChI is InChI=1S/C21H29N5O5S/c22-14-5-7-25(8-6-14)32(29,30)26-16-2-3-17(26)11-15(10-16)23-21(28)13-1-4-18-19(9-13)31-12-20(27)24-18/h1,4,9,14-17H,2-3,5-8,10-12,22H2,(H,23,28)(H,24,27)/t15?,16-,17+. The van der Waals surface area contributed by atoms with Crippen LogP contribution in [0.2, 0.25) is 0 Å². The SMILES string of the molecule is NC1CCN(S(=O)(=O)N2[C@@H]3CC[C@H]2CC(NC(=O)c2ccc4c(c2)OCC(=O)N4)C3)CC1. The fourth-order valence-electron chi connectivity index (χ4n) is 5.35. The Morgan fingerprint density at radius 3 is 2.50 bits per heavy atom. The van der Waals surface area contributed by atoms with Gasteiger partial charge < -0.3 is 21.1 Å². The van der Waals surface area contributed by atoms with Crippen molar-refractivity contribution in [3.63, 3.8) is 0 Å². The molecule has 4 aliphatic rings. The monoisotopic (exact) mass is 463 g/mol. The first-order valence-electron chi connectivity index (χ1n) is 11.2. The highest BCUT2D eigenvalue weighted by Gasteiger charge is 2.49. The van der Waals surface area contributed by atoms with Crippen molar-refractivity contribution in [2.75, 3.05) is 25.0 Å². The molecule has 4 aliphatic heterocycles. The Balaban J connectivity index is 1.24. The van der Waals surface area contributed by atoms with Gasteiger partial charge in [-0.15, -0.1) is 0 Å². The molecule has 11 heteroatoms. The van der Waals surface area contributed by atoms with E-state index in [1.165, 1.54) is 0 Å². The number of benzene rings is 1. The third-order valence-electron chi connectivity index (χ3n) is 6.97. The van der Waals surface area contributed by atoms with E-state index in [0.717, 1.165) is 12.8 Å². The number of fused-ring (bicyclic) bond motifs is 3. The Labute approximate surface area is 187 Å². The molecule has 174 valence electrons. The second kappa shape index (κ2) is 8.29. The molecule has 4 heterocycles. The van der Waals surface area contributed by atoms with Gasteiger partial charge in [-0.3, -0.25) is 9.59 Å². The normalized spacial score (nSPS) is 29.2. The van der Waals surface area contributed by atoms with E-state index in [1.54, 1.807) is 26.8 Å². The highest BCUT2D eigenvalue weighted by Crippen LogP contribution is 2.39. The van der Waals surface area contributed by atoms with Crippen molar-refractivity contribution >= 4 is 27.7 Å². The summed E-state index contributed by atoms with van der Waals surface area (Å²) in [6, 6.07) is 4.73. The van der Waals surface area contributed by atoms with Crippen LogP contribution in [-0.4, -0.2) is 72.7 Å². The van der Waals surface area contributed by atoms with Crippen molar-refractivity contribution in [3.8, 4) is 5.75 Å². The van der Waals surface area contributed by atoms with Crippen LogP contribution in [0.1, 0.15) is 48.9 Å². The minimum atomic E-state index is -3.52. The van der Waals surface area contributed by atoms with Crippen LogP contribution in [0.5, 0.6) is 5.75 Å². The van der Waals surface area contributed by atoms with Gasteiger partial charge in [-0.2, -0.15) is 17.0 Å². The summed E-state index contributed by atoms with van der Waals surface area (Å²) in [5.74, 6) is 0.0257. The molecule has 32 heavy (non-hydrogen) atoms. The molecule has 0 radical (unpaired) electrons. The molecule has 1 aromatic rings. The van der Waals surface area contributed by atoms with E-state index in [1.807, 2.05) is 0 Å². The van der Waals surface area contributed by atoms with Crippen molar-refractivity contribution in [1.29, 1.82) is 0 Å². The van der Waals surface area contributed by atoms with Gasteiger partial charge in [0.25, 0.3) is 22.0 Å². The number of rotatable bonds is 4. The number of amides is 2. The van der Waals surface area contributed by atoms with E-state index in [0.29, 0.717) is 55.8 Å². The van der Waals surface area contributed by atoms with Gasteiger partial charge in [0.15, 0.2) is 6.61 Å². The van der Waals surface area contributed by atoms with E-state index < -0.39 is 10.2 Å².